The van der Waals surface area contributed by atoms with Crippen molar-refractivity contribution >= 4 is 10.0 Å². The molecule has 7 heteroatoms. The van der Waals surface area contributed by atoms with Crippen molar-refractivity contribution in [1.82, 2.24) is 9.73 Å². The highest BCUT2D eigenvalue weighted by molar-refractivity contribution is 7.89. The zero-order chi connectivity index (χ0) is 12.2. The van der Waals surface area contributed by atoms with E-state index in [0.29, 0.717) is 19.5 Å². The number of sulfonamides is 1. The average Bonchev–Trinajstić information content (AvgIpc) is 2.19. The van der Waals surface area contributed by atoms with Crippen molar-refractivity contribution in [2.24, 2.45) is 5.84 Å². The van der Waals surface area contributed by atoms with Crippen molar-refractivity contribution in [2.45, 2.75) is 31.7 Å². The van der Waals surface area contributed by atoms with E-state index in [1.54, 1.807) is 0 Å². The zero-order valence-electron chi connectivity index (χ0n) is 9.44. The van der Waals surface area contributed by atoms with E-state index in [1.165, 1.54) is 4.31 Å². The highest BCUT2D eigenvalue weighted by atomic mass is 32.2. The lowest BCUT2D eigenvalue weighted by Gasteiger charge is -2.47. The number of nitrogens with one attached hydrogen (secondary N) is 1. The first-order valence-electron chi connectivity index (χ1n) is 5.32. The van der Waals surface area contributed by atoms with E-state index in [9.17, 15) is 8.42 Å². The fraction of sp³-hybridized carbons (Fsp3) is 0.889. The smallest absolute Gasteiger partial charge is 0.214 e. The number of nitrogens with zero attached hydrogens (tertiary/aromatic N) is 2. The SMILES string of the molecule is CCCCS(=O)(=O)N1CC(CC#N)(NN)C1. The molecule has 16 heavy (non-hydrogen) atoms. The standard InChI is InChI=1S/C9H18N4O2S/c1-2-3-6-16(14,15)13-7-9(8-13,12-11)4-5-10/h12H,2-4,6-8,11H2,1H3. The van der Waals surface area contributed by atoms with Crippen LogP contribution in [0.25, 0.3) is 0 Å². The second-order valence-electron chi connectivity index (χ2n) is 4.20. The molecule has 3 N–H and O–H groups in total. The highest BCUT2D eigenvalue weighted by Crippen LogP contribution is 2.26. The molecule has 0 atom stereocenters. The molecule has 6 nitrogen and oxygen atoms in total. The van der Waals surface area contributed by atoms with Crippen LogP contribution in [0.2, 0.25) is 0 Å². The molecule has 1 heterocycles. The molecule has 0 aromatic rings. The fourth-order valence-corrected chi connectivity index (χ4v) is 3.49. The van der Waals surface area contributed by atoms with Crippen molar-refractivity contribution in [2.75, 3.05) is 18.8 Å². The van der Waals surface area contributed by atoms with E-state index in [4.69, 9.17) is 11.1 Å². The van der Waals surface area contributed by atoms with Gasteiger partial charge in [0.25, 0.3) is 0 Å². The molecule has 0 spiro atoms. The minimum atomic E-state index is -3.16. The van der Waals surface area contributed by atoms with E-state index in [-0.39, 0.29) is 12.2 Å². The van der Waals surface area contributed by atoms with Gasteiger partial charge in [0, 0.05) is 13.1 Å². The summed E-state index contributed by atoms with van der Waals surface area (Å²) >= 11 is 0. The lowest BCUT2D eigenvalue weighted by molar-refractivity contribution is 0.120. The third-order valence-corrected chi connectivity index (χ3v) is 4.68. The Morgan fingerprint density at radius 3 is 2.62 bits per heavy atom. The summed E-state index contributed by atoms with van der Waals surface area (Å²) in [6.45, 7) is 2.54. The maximum atomic E-state index is 11.8. The van der Waals surface area contributed by atoms with Crippen LogP contribution >= 0.6 is 0 Å². The Hall–Kier alpha value is -0.680. The second-order valence-corrected chi connectivity index (χ2v) is 6.29. The quantitative estimate of drug-likeness (QED) is 0.488. The van der Waals surface area contributed by atoms with Crippen LogP contribution in [-0.4, -0.2) is 37.1 Å². The second kappa shape index (κ2) is 5.10. The van der Waals surface area contributed by atoms with Crippen molar-refractivity contribution in [3.63, 3.8) is 0 Å². The molecule has 1 fully saturated rings. The van der Waals surface area contributed by atoms with Crippen molar-refractivity contribution < 1.29 is 8.42 Å². The van der Waals surface area contributed by atoms with Crippen LogP contribution in [0.15, 0.2) is 0 Å². The van der Waals surface area contributed by atoms with E-state index >= 15 is 0 Å². The predicted octanol–water partition coefficient (Wildman–Crippen LogP) is -0.452. The summed E-state index contributed by atoms with van der Waals surface area (Å²) in [5.74, 6) is 5.52. The molecule has 0 saturated carbocycles. The third kappa shape index (κ3) is 2.71. The summed E-state index contributed by atoms with van der Waals surface area (Å²) in [4.78, 5) is 0. The van der Waals surface area contributed by atoms with Gasteiger partial charge in [-0.15, -0.1) is 0 Å². The fourth-order valence-electron chi connectivity index (χ4n) is 1.69. The van der Waals surface area contributed by atoms with Crippen molar-refractivity contribution in [1.29, 1.82) is 5.26 Å². The van der Waals surface area contributed by atoms with Crippen LogP contribution in [0.3, 0.4) is 0 Å². The Balaban J connectivity index is 2.54. The van der Waals surface area contributed by atoms with Gasteiger partial charge in [-0.25, -0.2) is 8.42 Å². The molecule has 0 aromatic heterocycles. The van der Waals surface area contributed by atoms with E-state index in [1.807, 2.05) is 13.0 Å². The molecule has 1 aliphatic heterocycles. The van der Waals surface area contributed by atoms with Crippen LogP contribution in [0.4, 0.5) is 0 Å². The van der Waals surface area contributed by atoms with Crippen LogP contribution in [0, 0.1) is 11.3 Å². The molecule has 0 bridgehead atoms. The molecule has 1 saturated heterocycles. The van der Waals surface area contributed by atoms with E-state index < -0.39 is 15.6 Å². The molecule has 1 rings (SSSR count). The highest BCUT2D eigenvalue weighted by Gasteiger charge is 2.47. The Morgan fingerprint density at radius 1 is 1.56 bits per heavy atom. The van der Waals surface area contributed by atoms with Crippen LogP contribution in [0.5, 0.6) is 0 Å². The number of hydrogen-bond acceptors (Lipinski definition) is 5. The van der Waals surface area contributed by atoms with E-state index in [0.717, 1.165) is 6.42 Å². The van der Waals surface area contributed by atoms with Crippen LogP contribution in [-0.2, 0) is 10.0 Å². The number of hydrazine groups is 1. The van der Waals surface area contributed by atoms with E-state index in [2.05, 4.69) is 5.43 Å². The van der Waals surface area contributed by atoms with Gasteiger partial charge < -0.3 is 0 Å². The molecule has 92 valence electrons. The number of unbranched alkanes of at least 4 members (excludes halogenated alkanes) is 1. The maximum Gasteiger partial charge on any atom is 0.214 e. The molecule has 1 aliphatic rings. The first-order valence-corrected chi connectivity index (χ1v) is 6.93. The van der Waals surface area contributed by atoms with Gasteiger partial charge in [0.1, 0.15) is 0 Å². The molecule has 0 amide bonds. The number of hydrogen-bond donors (Lipinski definition) is 2. The molecular formula is C9H18N4O2S. The maximum absolute atomic E-state index is 11.8. The summed E-state index contributed by atoms with van der Waals surface area (Å²) in [5.41, 5.74) is 2.00. The first kappa shape index (κ1) is 13.4. The number of nitrogens with two attached hydrogens (primary N) is 1. The molecule has 0 aliphatic carbocycles. The zero-order valence-corrected chi connectivity index (χ0v) is 10.3. The Labute approximate surface area is 96.4 Å². The minimum absolute atomic E-state index is 0.177. The summed E-state index contributed by atoms with van der Waals surface area (Å²) in [7, 11) is -3.16. The molecule has 0 radical (unpaired) electrons. The van der Waals surface area contributed by atoms with Crippen LogP contribution in [0.1, 0.15) is 26.2 Å². The minimum Gasteiger partial charge on any atom is -0.271 e. The molecule has 0 unspecified atom stereocenters. The summed E-state index contributed by atoms with van der Waals surface area (Å²) in [6, 6.07) is 2.01. The third-order valence-electron chi connectivity index (χ3n) is 2.83. The monoisotopic (exact) mass is 246 g/mol. The van der Waals surface area contributed by atoms with Crippen molar-refractivity contribution in [3.05, 3.63) is 0 Å². The Kier molecular flexibility index (Phi) is 4.27. The van der Waals surface area contributed by atoms with Gasteiger partial charge >= 0.3 is 0 Å². The predicted molar refractivity (Wildman–Crippen MR) is 60.6 cm³/mol. The van der Waals surface area contributed by atoms with Gasteiger partial charge in [-0.3, -0.25) is 11.3 Å². The first-order chi connectivity index (χ1) is 7.49. The normalized spacial score (nSPS) is 20.1. The van der Waals surface area contributed by atoms with Crippen molar-refractivity contribution in [3.8, 4) is 6.07 Å². The van der Waals surface area contributed by atoms with Crippen LogP contribution < -0.4 is 11.3 Å². The number of rotatable bonds is 6. The lowest BCUT2D eigenvalue weighted by atomic mass is 9.90. The molecular weight excluding hydrogens is 228 g/mol. The largest absolute Gasteiger partial charge is 0.271 e. The summed E-state index contributed by atoms with van der Waals surface area (Å²) in [5, 5.41) is 8.61. The Bertz CT molecular complexity index is 367. The lowest BCUT2D eigenvalue weighted by Crippen LogP contribution is -2.71. The average molecular weight is 246 g/mol. The summed E-state index contributed by atoms with van der Waals surface area (Å²) < 4.78 is 24.9. The summed E-state index contributed by atoms with van der Waals surface area (Å²) in [6.07, 6.45) is 1.75. The van der Waals surface area contributed by atoms with Gasteiger partial charge in [-0.05, 0) is 6.42 Å². The van der Waals surface area contributed by atoms with Gasteiger partial charge in [0.2, 0.25) is 10.0 Å². The number of nitriles is 1. The van der Waals surface area contributed by atoms with Gasteiger partial charge in [0.05, 0.1) is 23.8 Å². The van der Waals surface area contributed by atoms with Gasteiger partial charge in [-0.2, -0.15) is 9.57 Å². The molecule has 0 aromatic carbocycles. The topological polar surface area (TPSA) is 99.2 Å². The Morgan fingerprint density at radius 2 is 2.19 bits per heavy atom. The van der Waals surface area contributed by atoms with Gasteiger partial charge in [-0.1, -0.05) is 13.3 Å². The van der Waals surface area contributed by atoms with Gasteiger partial charge in [0.15, 0.2) is 0 Å².